The fraction of sp³-hybridized carbons (Fsp3) is 0.345. The average Bonchev–Trinajstić information content (AvgIpc) is 3.23. The predicted octanol–water partition coefficient (Wildman–Crippen LogP) is 3.61. The third-order valence-electron chi connectivity index (χ3n) is 6.11. The highest BCUT2D eigenvalue weighted by molar-refractivity contribution is 7.07. The summed E-state index contributed by atoms with van der Waals surface area (Å²) in [4.78, 5) is 32.2. The first-order valence-electron chi connectivity index (χ1n) is 12.7. The van der Waals surface area contributed by atoms with Gasteiger partial charge in [-0.25, -0.2) is 9.79 Å². The standard InChI is InChI=1S/C29H32N2O7S/c1-7-36-21-13-11-19(16-23(21)37-8-2)26-25(28(33)38-9-3)17(4)30-29-31(26)27(32)24(39-29)15-18-10-12-20(34-5)22(14-18)35-6/h10-16,26H,7-9H2,1-6H3/b24-15-/t26-/m1/s1. The molecule has 2 aromatic carbocycles. The maximum Gasteiger partial charge on any atom is 0.338 e. The molecule has 0 radical (unpaired) electrons. The molecule has 10 heteroatoms. The Hall–Kier alpha value is -4.05. The van der Waals surface area contributed by atoms with E-state index in [9.17, 15) is 9.59 Å². The molecule has 0 spiro atoms. The first kappa shape index (κ1) is 28.0. The van der Waals surface area contributed by atoms with Gasteiger partial charge in [-0.2, -0.15) is 0 Å². The van der Waals surface area contributed by atoms with Crippen molar-refractivity contribution in [2.24, 2.45) is 4.99 Å². The number of fused-ring (bicyclic) bond motifs is 1. The van der Waals surface area contributed by atoms with Crippen molar-refractivity contribution in [2.45, 2.75) is 33.7 Å². The van der Waals surface area contributed by atoms with Gasteiger partial charge in [0.05, 0.1) is 55.9 Å². The second-order valence-corrected chi connectivity index (χ2v) is 9.50. The summed E-state index contributed by atoms with van der Waals surface area (Å²) in [6.45, 7) is 8.36. The number of carbonyl (C=O) groups excluding carboxylic acids is 1. The molecule has 0 saturated heterocycles. The monoisotopic (exact) mass is 552 g/mol. The number of hydrogen-bond donors (Lipinski definition) is 0. The Kier molecular flexibility index (Phi) is 8.75. The summed E-state index contributed by atoms with van der Waals surface area (Å²) < 4.78 is 29.7. The summed E-state index contributed by atoms with van der Waals surface area (Å²) in [5, 5.41) is 0. The normalized spacial score (nSPS) is 14.9. The fourth-order valence-corrected chi connectivity index (χ4v) is 5.49. The summed E-state index contributed by atoms with van der Waals surface area (Å²) in [5.74, 6) is 1.73. The lowest BCUT2D eigenvalue weighted by Gasteiger charge is -2.25. The Labute approximate surface area is 230 Å². The van der Waals surface area contributed by atoms with Gasteiger partial charge < -0.3 is 23.7 Å². The minimum absolute atomic E-state index is 0.194. The Balaban J connectivity index is 1.94. The SMILES string of the molecule is CCOC(=O)C1=C(C)N=c2s/c(=C\c3ccc(OC)c(OC)c3)c(=O)n2[C@@H]1c1ccc(OCC)c(OCC)c1. The zero-order chi connectivity index (χ0) is 28.1. The number of ether oxygens (including phenoxy) is 5. The molecule has 2 heterocycles. The smallest absolute Gasteiger partial charge is 0.338 e. The van der Waals surface area contributed by atoms with Crippen LogP contribution in [0, 0.1) is 0 Å². The summed E-state index contributed by atoms with van der Waals surface area (Å²) in [5.41, 5.74) is 1.95. The van der Waals surface area contributed by atoms with Gasteiger partial charge in [-0.15, -0.1) is 0 Å². The van der Waals surface area contributed by atoms with E-state index in [4.69, 9.17) is 23.7 Å². The van der Waals surface area contributed by atoms with Gasteiger partial charge in [0.25, 0.3) is 5.56 Å². The molecule has 4 rings (SSSR count). The van der Waals surface area contributed by atoms with Crippen molar-refractivity contribution in [1.82, 2.24) is 4.57 Å². The van der Waals surface area contributed by atoms with Crippen LogP contribution in [0.4, 0.5) is 0 Å². The molecule has 3 aromatic rings. The van der Waals surface area contributed by atoms with Crippen LogP contribution in [0.5, 0.6) is 23.0 Å². The number of esters is 1. The molecule has 0 aliphatic carbocycles. The van der Waals surface area contributed by atoms with Crippen molar-refractivity contribution in [3.8, 4) is 23.0 Å². The van der Waals surface area contributed by atoms with E-state index in [1.807, 2.05) is 32.0 Å². The van der Waals surface area contributed by atoms with Crippen LogP contribution in [-0.2, 0) is 9.53 Å². The molecule has 39 heavy (non-hydrogen) atoms. The second-order valence-electron chi connectivity index (χ2n) is 8.49. The van der Waals surface area contributed by atoms with Crippen molar-refractivity contribution in [1.29, 1.82) is 0 Å². The van der Waals surface area contributed by atoms with Gasteiger partial charge in [0.2, 0.25) is 0 Å². The van der Waals surface area contributed by atoms with E-state index < -0.39 is 12.0 Å². The van der Waals surface area contributed by atoms with Gasteiger partial charge in [-0.3, -0.25) is 9.36 Å². The van der Waals surface area contributed by atoms with Crippen LogP contribution in [0.2, 0.25) is 0 Å². The fourth-order valence-electron chi connectivity index (χ4n) is 4.44. The van der Waals surface area contributed by atoms with Crippen LogP contribution in [0.15, 0.2) is 57.5 Å². The van der Waals surface area contributed by atoms with Gasteiger partial charge in [-0.1, -0.05) is 23.5 Å². The number of nitrogens with zero attached hydrogens (tertiary/aromatic N) is 2. The molecule has 206 valence electrons. The Morgan fingerprint density at radius 1 is 0.949 bits per heavy atom. The van der Waals surface area contributed by atoms with Gasteiger partial charge >= 0.3 is 5.97 Å². The largest absolute Gasteiger partial charge is 0.493 e. The number of allylic oxidation sites excluding steroid dienone is 1. The van der Waals surface area contributed by atoms with E-state index in [1.54, 1.807) is 56.9 Å². The number of aromatic nitrogens is 1. The van der Waals surface area contributed by atoms with Crippen LogP contribution in [-0.4, -0.2) is 44.6 Å². The molecule has 0 fully saturated rings. The molecule has 0 amide bonds. The highest BCUT2D eigenvalue weighted by Gasteiger charge is 2.34. The van der Waals surface area contributed by atoms with E-state index >= 15 is 0 Å². The van der Waals surface area contributed by atoms with Crippen molar-refractivity contribution in [3.63, 3.8) is 0 Å². The van der Waals surface area contributed by atoms with Crippen LogP contribution >= 0.6 is 11.3 Å². The third kappa shape index (κ3) is 5.56. The minimum Gasteiger partial charge on any atom is -0.493 e. The van der Waals surface area contributed by atoms with Gasteiger partial charge in [-0.05, 0) is 69.2 Å². The molecular weight excluding hydrogens is 520 g/mol. The van der Waals surface area contributed by atoms with E-state index in [0.29, 0.717) is 62.4 Å². The predicted molar refractivity (Wildman–Crippen MR) is 149 cm³/mol. The molecule has 0 unspecified atom stereocenters. The number of rotatable bonds is 10. The summed E-state index contributed by atoms with van der Waals surface area (Å²) in [6.07, 6.45) is 1.77. The lowest BCUT2D eigenvalue weighted by Crippen LogP contribution is -2.40. The first-order valence-corrected chi connectivity index (χ1v) is 13.5. The summed E-state index contributed by atoms with van der Waals surface area (Å²) in [7, 11) is 3.12. The highest BCUT2D eigenvalue weighted by Crippen LogP contribution is 2.36. The molecule has 9 nitrogen and oxygen atoms in total. The molecule has 0 N–H and O–H groups in total. The second kappa shape index (κ2) is 12.2. The number of hydrogen-bond acceptors (Lipinski definition) is 9. The minimum atomic E-state index is -0.761. The third-order valence-corrected chi connectivity index (χ3v) is 7.09. The van der Waals surface area contributed by atoms with E-state index in [0.717, 1.165) is 5.56 Å². The van der Waals surface area contributed by atoms with Crippen molar-refractivity contribution in [2.75, 3.05) is 34.0 Å². The summed E-state index contributed by atoms with van der Waals surface area (Å²) >= 11 is 1.25. The Bertz CT molecular complexity index is 1590. The molecule has 1 atom stereocenters. The zero-order valence-corrected chi connectivity index (χ0v) is 23.7. The Morgan fingerprint density at radius 2 is 1.64 bits per heavy atom. The van der Waals surface area contributed by atoms with Crippen LogP contribution < -0.4 is 33.8 Å². The van der Waals surface area contributed by atoms with E-state index in [1.165, 1.54) is 11.3 Å². The first-order chi connectivity index (χ1) is 18.9. The number of carbonyl (C=O) groups is 1. The highest BCUT2D eigenvalue weighted by atomic mass is 32.1. The molecule has 0 bridgehead atoms. The average molecular weight is 553 g/mol. The lowest BCUT2D eigenvalue weighted by molar-refractivity contribution is -0.139. The number of methoxy groups -OCH3 is 2. The van der Waals surface area contributed by atoms with Crippen molar-refractivity contribution < 1.29 is 28.5 Å². The van der Waals surface area contributed by atoms with Gasteiger partial charge in [0.15, 0.2) is 27.8 Å². The van der Waals surface area contributed by atoms with Crippen LogP contribution in [0.25, 0.3) is 6.08 Å². The lowest BCUT2D eigenvalue weighted by atomic mass is 9.95. The molecule has 1 aromatic heterocycles. The zero-order valence-electron chi connectivity index (χ0n) is 22.9. The van der Waals surface area contributed by atoms with Crippen molar-refractivity contribution >= 4 is 23.4 Å². The molecular formula is C29H32N2O7S. The van der Waals surface area contributed by atoms with Gasteiger partial charge in [0.1, 0.15) is 0 Å². The van der Waals surface area contributed by atoms with Crippen LogP contribution in [0.3, 0.4) is 0 Å². The number of benzene rings is 2. The van der Waals surface area contributed by atoms with E-state index in [-0.39, 0.29) is 12.2 Å². The Morgan fingerprint density at radius 3 is 2.31 bits per heavy atom. The molecule has 0 saturated carbocycles. The summed E-state index contributed by atoms with van der Waals surface area (Å²) in [6, 6.07) is 10.1. The molecule has 1 aliphatic heterocycles. The van der Waals surface area contributed by atoms with E-state index in [2.05, 4.69) is 4.99 Å². The maximum atomic E-state index is 13.9. The van der Waals surface area contributed by atoms with Gasteiger partial charge in [0, 0.05) is 0 Å². The number of thiazole rings is 1. The molecule has 1 aliphatic rings. The quantitative estimate of drug-likeness (QED) is 0.355. The maximum absolute atomic E-state index is 13.9. The topological polar surface area (TPSA) is 97.6 Å². The van der Waals surface area contributed by atoms with Crippen LogP contribution in [0.1, 0.15) is 44.9 Å². The van der Waals surface area contributed by atoms with Crippen molar-refractivity contribution in [3.05, 3.63) is 78.5 Å².